The fraction of sp³-hybridized carbons (Fsp3) is 0.953. The molecule has 19 heteroatoms. The molecular weight excluding hydrogens is 1350 g/mol. The molecule has 0 aromatic heterocycles. The van der Waals surface area contributed by atoms with E-state index >= 15 is 0 Å². The first-order valence-electron chi connectivity index (χ1n) is 43.7. The van der Waals surface area contributed by atoms with E-state index in [9.17, 15) is 43.2 Å². The van der Waals surface area contributed by atoms with Gasteiger partial charge in [-0.3, -0.25) is 37.3 Å². The molecule has 0 heterocycles. The maximum absolute atomic E-state index is 13.1. The topological polar surface area (TPSA) is 237 Å². The molecule has 0 bridgehead atoms. The van der Waals surface area contributed by atoms with Crippen LogP contribution in [0.3, 0.4) is 0 Å². The van der Waals surface area contributed by atoms with Crippen LogP contribution in [0.4, 0.5) is 0 Å². The van der Waals surface area contributed by atoms with E-state index in [1.54, 1.807) is 0 Å². The maximum Gasteiger partial charge on any atom is 0.472 e. The van der Waals surface area contributed by atoms with Crippen molar-refractivity contribution in [3.05, 3.63) is 0 Å². The van der Waals surface area contributed by atoms with E-state index in [1.165, 1.54) is 238 Å². The van der Waals surface area contributed by atoms with E-state index in [4.69, 9.17) is 37.0 Å². The smallest absolute Gasteiger partial charge is 0.462 e. The van der Waals surface area contributed by atoms with Crippen molar-refractivity contribution in [2.45, 2.75) is 459 Å². The first-order chi connectivity index (χ1) is 50.1. The lowest BCUT2D eigenvalue weighted by atomic mass is 10.0. The quantitative estimate of drug-likeness (QED) is 0.0222. The number of esters is 4. The first-order valence-corrected chi connectivity index (χ1v) is 46.7. The van der Waals surface area contributed by atoms with Crippen LogP contribution in [0.1, 0.15) is 441 Å². The van der Waals surface area contributed by atoms with Gasteiger partial charge in [0, 0.05) is 25.7 Å². The standard InChI is InChI=1S/C85H166O17P2/c1-75(2)61-53-45-37-30-24-19-15-11-9-10-12-17-21-27-34-42-51-59-67-84(89)101-80(71-95-82(87)65-57-49-41-33-29-23-26-32-39-47-55-63-77(5)6)73-99-103(91,92)97-69-79(86)70-98-104(93,94)100-74-81(72-96-83(88)66-58-50-44-36-40-48-56-64-78(7)8)102-85(90)68-60-52-43-35-28-22-18-14-13-16-20-25-31-38-46-54-62-76(3)4/h75-81,86H,9-74H2,1-8H3,(H,91,92)(H,93,94)/t79?,80-,81-/m1/s1. The Kier molecular flexibility index (Phi) is 72.5. The third-order valence-electron chi connectivity index (χ3n) is 19.8. The highest BCUT2D eigenvalue weighted by Gasteiger charge is 2.30. The minimum Gasteiger partial charge on any atom is -0.462 e. The van der Waals surface area contributed by atoms with Gasteiger partial charge in [-0.2, -0.15) is 0 Å². The molecule has 0 rings (SSSR count). The Hall–Kier alpha value is -1.94. The number of phosphoric acid groups is 2. The number of carbonyl (C=O) groups is 4. The minimum atomic E-state index is -4.96. The van der Waals surface area contributed by atoms with Crippen LogP contribution in [-0.2, 0) is 65.4 Å². The van der Waals surface area contributed by atoms with Crippen LogP contribution in [0.25, 0.3) is 0 Å². The zero-order chi connectivity index (χ0) is 76.7. The Labute approximate surface area is 638 Å². The maximum atomic E-state index is 13.1. The number of hydrogen-bond donors (Lipinski definition) is 3. The predicted molar refractivity (Wildman–Crippen MR) is 428 cm³/mol. The fourth-order valence-electron chi connectivity index (χ4n) is 13.1. The first kappa shape index (κ1) is 102. The molecule has 0 aromatic rings. The van der Waals surface area contributed by atoms with Crippen molar-refractivity contribution in [3.63, 3.8) is 0 Å². The number of aliphatic hydroxyl groups is 1. The van der Waals surface area contributed by atoms with Gasteiger partial charge in [-0.1, -0.05) is 389 Å². The summed E-state index contributed by atoms with van der Waals surface area (Å²) in [5.74, 6) is 0.996. The molecule has 0 spiro atoms. The molecule has 0 aliphatic carbocycles. The lowest BCUT2D eigenvalue weighted by molar-refractivity contribution is -0.161. The summed E-state index contributed by atoms with van der Waals surface area (Å²) >= 11 is 0. The molecule has 0 radical (unpaired) electrons. The Balaban J connectivity index is 5.21. The number of hydrogen-bond acceptors (Lipinski definition) is 15. The zero-order valence-electron chi connectivity index (χ0n) is 68.7. The van der Waals surface area contributed by atoms with Crippen molar-refractivity contribution >= 4 is 39.5 Å². The van der Waals surface area contributed by atoms with Crippen molar-refractivity contribution < 1.29 is 80.2 Å². The van der Waals surface area contributed by atoms with Crippen molar-refractivity contribution in [2.75, 3.05) is 39.6 Å². The summed E-state index contributed by atoms with van der Waals surface area (Å²) in [6.07, 6.45) is 62.6. The second-order valence-electron chi connectivity index (χ2n) is 32.5. The highest BCUT2D eigenvalue weighted by Crippen LogP contribution is 2.45. The van der Waals surface area contributed by atoms with E-state index in [2.05, 4.69) is 55.4 Å². The van der Waals surface area contributed by atoms with Gasteiger partial charge in [0.05, 0.1) is 26.4 Å². The molecule has 17 nitrogen and oxygen atoms in total. The largest absolute Gasteiger partial charge is 0.472 e. The number of carbonyl (C=O) groups excluding carboxylic acids is 4. The molecule has 0 aliphatic heterocycles. The summed E-state index contributed by atoms with van der Waals surface area (Å²) in [6.45, 7) is 14.3. The van der Waals surface area contributed by atoms with Crippen LogP contribution < -0.4 is 0 Å². The molecule has 5 atom stereocenters. The number of aliphatic hydroxyl groups excluding tert-OH is 1. The average Bonchev–Trinajstić information content (AvgIpc) is 0.961. The molecular formula is C85H166O17P2. The van der Waals surface area contributed by atoms with Crippen molar-refractivity contribution in [1.29, 1.82) is 0 Å². The average molecular weight is 1520 g/mol. The third-order valence-corrected chi connectivity index (χ3v) is 21.7. The van der Waals surface area contributed by atoms with E-state index in [-0.39, 0.29) is 25.7 Å². The molecule has 0 aromatic carbocycles. The number of phosphoric ester groups is 2. The van der Waals surface area contributed by atoms with Gasteiger partial charge in [0.2, 0.25) is 0 Å². The summed E-state index contributed by atoms with van der Waals surface area (Å²) in [4.78, 5) is 73.1. The van der Waals surface area contributed by atoms with E-state index in [1.807, 2.05) is 0 Å². The van der Waals surface area contributed by atoms with Gasteiger partial charge in [-0.25, -0.2) is 9.13 Å². The van der Waals surface area contributed by atoms with E-state index in [0.717, 1.165) is 114 Å². The summed E-state index contributed by atoms with van der Waals surface area (Å²) in [6, 6.07) is 0. The van der Waals surface area contributed by atoms with E-state index < -0.39 is 97.5 Å². The minimum absolute atomic E-state index is 0.107. The third kappa shape index (κ3) is 78.2. The summed E-state index contributed by atoms with van der Waals surface area (Å²) in [5.41, 5.74) is 0. The van der Waals surface area contributed by atoms with Gasteiger partial charge in [-0.15, -0.1) is 0 Å². The number of unbranched alkanes of at least 4 members (excludes halogenated alkanes) is 48. The van der Waals surface area contributed by atoms with Crippen LogP contribution in [0, 0.1) is 23.7 Å². The normalized spacial score (nSPS) is 14.0. The summed E-state index contributed by atoms with van der Waals surface area (Å²) < 4.78 is 68.8. The van der Waals surface area contributed by atoms with Gasteiger partial charge in [0.25, 0.3) is 0 Å². The van der Waals surface area contributed by atoms with Crippen LogP contribution >= 0.6 is 15.6 Å². The second kappa shape index (κ2) is 73.8. The van der Waals surface area contributed by atoms with Crippen molar-refractivity contribution in [3.8, 4) is 0 Å². The fourth-order valence-corrected chi connectivity index (χ4v) is 14.7. The van der Waals surface area contributed by atoms with Crippen LogP contribution in [0.15, 0.2) is 0 Å². The van der Waals surface area contributed by atoms with E-state index in [0.29, 0.717) is 31.6 Å². The molecule has 0 aliphatic rings. The summed E-state index contributed by atoms with van der Waals surface area (Å²) in [5, 5.41) is 10.7. The number of rotatable bonds is 82. The van der Waals surface area contributed by atoms with Gasteiger partial charge in [-0.05, 0) is 49.4 Å². The van der Waals surface area contributed by atoms with Crippen LogP contribution in [-0.4, -0.2) is 96.7 Å². The lowest BCUT2D eigenvalue weighted by Crippen LogP contribution is -2.30. The van der Waals surface area contributed by atoms with Crippen molar-refractivity contribution in [1.82, 2.24) is 0 Å². The second-order valence-corrected chi connectivity index (χ2v) is 35.4. The highest BCUT2D eigenvalue weighted by molar-refractivity contribution is 7.47. The van der Waals surface area contributed by atoms with Gasteiger partial charge < -0.3 is 33.8 Å². The van der Waals surface area contributed by atoms with Crippen LogP contribution in [0.2, 0.25) is 0 Å². The molecule has 104 heavy (non-hydrogen) atoms. The van der Waals surface area contributed by atoms with Gasteiger partial charge in [0.15, 0.2) is 12.2 Å². The Morgan fingerprint density at radius 2 is 0.404 bits per heavy atom. The molecule has 3 unspecified atom stereocenters. The lowest BCUT2D eigenvalue weighted by Gasteiger charge is -2.21. The molecule has 0 saturated carbocycles. The van der Waals surface area contributed by atoms with Gasteiger partial charge >= 0.3 is 39.5 Å². The molecule has 0 saturated heterocycles. The zero-order valence-corrected chi connectivity index (χ0v) is 70.5. The summed E-state index contributed by atoms with van der Waals surface area (Å²) in [7, 11) is -9.93. The molecule has 0 amide bonds. The monoisotopic (exact) mass is 1520 g/mol. The Bertz CT molecular complexity index is 2020. The van der Waals surface area contributed by atoms with Crippen LogP contribution in [0.5, 0.6) is 0 Å². The van der Waals surface area contributed by atoms with Crippen molar-refractivity contribution in [2.24, 2.45) is 23.7 Å². The Morgan fingerprint density at radius 3 is 0.596 bits per heavy atom. The molecule has 618 valence electrons. The molecule has 0 fully saturated rings. The van der Waals surface area contributed by atoms with Gasteiger partial charge in [0.1, 0.15) is 19.3 Å². The number of ether oxygens (including phenoxy) is 4. The Morgan fingerprint density at radius 1 is 0.240 bits per heavy atom. The SMILES string of the molecule is CC(C)CCCCCCCCCCCCCCCCCCCCC(=O)O[C@H](COC(=O)CCCCCCCCCCCCCC(C)C)COP(=O)(O)OCC(O)COP(=O)(O)OC[C@@H](COC(=O)CCCCCCCCCC(C)C)OC(=O)CCCCCCCCCCCCCCCCCCC(C)C. The highest BCUT2D eigenvalue weighted by atomic mass is 31.2. The predicted octanol–water partition coefficient (Wildman–Crippen LogP) is 25.6. The molecule has 3 N–H and O–H groups in total.